The first-order valence-electron chi connectivity index (χ1n) is 11.0. The molecule has 2 aromatic carbocycles. The molecule has 7 heteroatoms. The van der Waals surface area contributed by atoms with Crippen LogP contribution in [-0.2, 0) is 23.3 Å². The zero-order valence-corrected chi connectivity index (χ0v) is 19.4. The highest BCUT2D eigenvalue weighted by Crippen LogP contribution is 2.29. The van der Waals surface area contributed by atoms with Gasteiger partial charge in [-0.2, -0.15) is 9.78 Å². The fourth-order valence-electron chi connectivity index (χ4n) is 4.52. The highest BCUT2D eigenvalue weighted by molar-refractivity contribution is 7.78. The molecule has 168 valence electrons. The van der Waals surface area contributed by atoms with Gasteiger partial charge in [0.05, 0.1) is 17.6 Å². The van der Waals surface area contributed by atoms with Gasteiger partial charge in [-0.05, 0) is 48.1 Å². The van der Waals surface area contributed by atoms with Crippen molar-refractivity contribution in [2.24, 2.45) is 5.92 Å². The van der Waals surface area contributed by atoms with Gasteiger partial charge in [-0.1, -0.05) is 74.0 Å². The minimum atomic E-state index is -1.88. The van der Waals surface area contributed by atoms with Gasteiger partial charge in [-0.15, -0.1) is 0 Å². The van der Waals surface area contributed by atoms with Gasteiger partial charge in [0, 0.05) is 16.1 Å². The summed E-state index contributed by atoms with van der Waals surface area (Å²) < 4.78 is 21.7. The van der Waals surface area contributed by atoms with E-state index < -0.39 is 11.1 Å². The van der Waals surface area contributed by atoms with Crippen molar-refractivity contribution in [1.29, 1.82) is 0 Å². The van der Waals surface area contributed by atoms with E-state index in [1.54, 1.807) is 18.3 Å². The number of halogens is 1. The van der Waals surface area contributed by atoms with Crippen molar-refractivity contribution in [3.05, 3.63) is 81.2 Å². The van der Waals surface area contributed by atoms with Crippen LogP contribution < -0.4 is 5.56 Å². The Bertz CT molecular complexity index is 1150. The third kappa shape index (κ3) is 5.55. The van der Waals surface area contributed by atoms with Gasteiger partial charge in [0.25, 0.3) is 5.56 Å². The number of benzene rings is 2. The van der Waals surface area contributed by atoms with E-state index in [0.29, 0.717) is 23.0 Å². The molecule has 1 N–H and O–H groups in total. The van der Waals surface area contributed by atoms with Crippen molar-refractivity contribution < 1.29 is 8.76 Å². The van der Waals surface area contributed by atoms with E-state index >= 15 is 0 Å². The van der Waals surface area contributed by atoms with Crippen molar-refractivity contribution in [2.45, 2.75) is 50.7 Å². The molecule has 1 aromatic heterocycles. The highest BCUT2D eigenvalue weighted by atomic mass is 35.5. The van der Waals surface area contributed by atoms with Gasteiger partial charge < -0.3 is 4.55 Å². The summed E-state index contributed by atoms with van der Waals surface area (Å²) in [6.07, 6.45) is 9.75. The maximum Gasteiger partial charge on any atom is 0.275 e. The van der Waals surface area contributed by atoms with Gasteiger partial charge in [0.15, 0.2) is 11.1 Å². The Morgan fingerprint density at radius 3 is 2.53 bits per heavy atom. The Hall–Kier alpha value is -2.28. The average Bonchev–Trinajstić information content (AvgIpc) is 2.79. The van der Waals surface area contributed by atoms with Crippen molar-refractivity contribution >= 4 is 22.7 Å². The maximum atomic E-state index is 13.5. The molecule has 1 saturated carbocycles. The summed E-state index contributed by atoms with van der Waals surface area (Å²) in [7, 11) is 0. The Morgan fingerprint density at radius 2 is 1.84 bits per heavy atom. The summed E-state index contributed by atoms with van der Waals surface area (Å²) in [5, 5.41) is 5.01. The lowest BCUT2D eigenvalue weighted by Gasteiger charge is -2.22. The van der Waals surface area contributed by atoms with Crippen LogP contribution >= 0.6 is 11.6 Å². The van der Waals surface area contributed by atoms with Gasteiger partial charge in [-0.25, -0.2) is 4.21 Å². The average molecular weight is 471 g/mol. The fourth-order valence-corrected chi connectivity index (χ4v) is 5.18. The summed E-state index contributed by atoms with van der Waals surface area (Å²) in [6, 6.07) is 14.6. The maximum absolute atomic E-state index is 13.5. The molecule has 1 atom stereocenters. The molecule has 5 nitrogen and oxygen atoms in total. The Kier molecular flexibility index (Phi) is 7.55. The summed E-state index contributed by atoms with van der Waals surface area (Å²) in [4.78, 5) is 13.5. The number of aromatic nitrogens is 2. The number of hydrogen-bond acceptors (Lipinski definition) is 3. The molecule has 0 aliphatic heterocycles. The summed E-state index contributed by atoms with van der Waals surface area (Å²) in [5.74, 6) is 0.745. The van der Waals surface area contributed by atoms with E-state index in [9.17, 15) is 9.00 Å². The number of hydrogen-bond donors (Lipinski definition) is 1. The second-order valence-electron chi connectivity index (χ2n) is 8.44. The molecule has 3 aromatic rings. The van der Waals surface area contributed by atoms with Crippen molar-refractivity contribution in [3.8, 4) is 16.8 Å². The van der Waals surface area contributed by atoms with Crippen LogP contribution in [0, 0.1) is 5.92 Å². The molecule has 0 bridgehead atoms. The second-order valence-corrected chi connectivity index (χ2v) is 9.81. The molecule has 1 aliphatic carbocycles. The molecule has 1 unspecified atom stereocenters. The molecule has 1 fully saturated rings. The highest BCUT2D eigenvalue weighted by Gasteiger charge is 2.18. The number of rotatable bonds is 7. The third-order valence-corrected chi connectivity index (χ3v) is 7.03. The zero-order valence-electron chi connectivity index (χ0n) is 17.9. The van der Waals surface area contributed by atoms with Crippen LogP contribution in [0.2, 0.25) is 5.02 Å². The zero-order chi connectivity index (χ0) is 22.5. The summed E-state index contributed by atoms with van der Waals surface area (Å²) in [5.41, 5.74) is 3.76. The molecule has 0 spiro atoms. The minimum Gasteiger partial charge on any atom is -0.306 e. The molecular weight excluding hydrogens is 444 g/mol. The Labute approximate surface area is 195 Å². The normalized spacial score (nSPS) is 15.6. The molecule has 1 aliphatic rings. The molecule has 4 rings (SSSR count). The predicted octanol–water partition coefficient (Wildman–Crippen LogP) is 5.79. The van der Waals surface area contributed by atoms with E-state index in [-0.39, 0.29) is 11.3 Å². The quantitative estimate of drug-likeness (QED) is 0.444. The summed E-state index contributed by atoms with van der Waals surface area (Å²) in [6.45, 7) is 0. The first kappa shape index (κ1) is 22.9. The van der Waals surface area contributed by atoms with Crippen molar-refractivity contribution in [2.75, 3.05) is 0 Å². The smallest absolute Gasteiger partial charge is 0.275 e. The lowest BCUT2D eigenvalue weighted by molar-refractivity contribution is 0.339. The van der Waals surface area contributed by atoms with Gasteiger partial charge in [0.2, 0.25) is 0 Å². The topological polar surface area (TPSA) is 72.2 Å². The van der Waals surface area contributed by atoms with Crippen LogP contribution in [0.1, 0.15) is 49.7 Å². The monoisotopic (exact) mass is 470 g/mol. The van der Waals surface area contributed by atoms with E-state index in [2.05, 4.69) is 5.10 Å². The lowest BCUT2D eigenvalue weighted by Crippen LogP contribution is -2.26. The molecule has 32 heavy (non-hydrogen) atoms. The Balaban J connectivity index is 1.71. The first-order chi connectivity index (χ1) is 15.5. The Morgan fingerprint density at radius 1 is 1.09 bits per heavy atom. The van der Waals surface area contributed by atoms with Crippen LogP contribution in [0.25, 0.3) is 16.8 Å². The third-order valence-electron chi connectivity index (χ3n) is 6.21. The van der Waals surface area contributed by atoms with E-state index in [0.717, 1.165) is 28.7 Å². The predicted molar refractivity (Wildman–Crippen MR) is 130 cm³/mol. The van der Waals surface area contributed by atoms with Gasteiger partial charge in [0.1, 0.15) is 0 Å². The van der Waals surface area contributed by atoms with E-state index in [1.807, 2.05) is 36.4 Å². The molecule has 0 radical (unpaired) electrons. The second kappa shape index (κ2) is 10.6. The minimum absolute atomic E-state index is 0.0867. The van der Waals surface area contributed by atoms with E-state index in [4.69, 9.17) is 16.2 Å². The van der Waals surface area contributed by atoms with Crippen LogP contribution in [0.15, 0.2) is 59.5 Å². The molecular formula is C25H27ClN2O3S. The van der Waals surface area contributed by atoms with E-state index in [1.165, 1.54) is 36.8 Å². The van der Waals surface area contributed by atoms with Crippen LogP contribution in [-0.4, -0.2) is 18.5 Å². The van der Waals surface area contributed by atoms with Crippen molar-refractivity contribution in [1.82, 2.24) is 9.78 Å². The standard InChI is InChI=1S/C25H27ClN2O3S/c26-21-7-4-8-22(15-21)28-25(29)23(14-11-18-5-2-1-3-6-18)24(16-27-28)20-12-9-19(10-13-20)17-32(30)31/h4,7-10,12-13,15-16,18H,1-3,5-6,11,14,17H2,(H,30,31). The van der Waals surface area contributed by atoms with Crippen LogP contribution in [0.3, 0.4) is 0 Å². The molecule has 1 heterocycles. The first-order valence-corrected chi connectivity index (χ1v) is 12.7. The fraction of sp³-hybridized carbons (Fsp3) is 0.360. The largest absolute Gasteiger partial charge is 0.306 e. The lowest BCUT2D eigenvalue weighted by atomic mass is 9.84. The van der Waals surface area contributed by atoms with Gasteiger partial charge in [-0.3, -0.25) is 4.79 Å². The number of nitrogens with zero attached hydrogens (tertiary/aromatic N) is 2. The summed E-state index contributed by atoms with van der Waals surface area (Å²) >= 11 is 4.26. The molecule has 0 amide bonds. The van der Waals surface area contributed by atoms with Crippen molar-refractivity contribution in [3.63, 3.8) is 0 Å². The SMILES string of the molecule is O=c1c(CCC2CCCCC2)c(-c2ccc(CS(=O)O)cc2)cnn1-c1cccc(Cl)c1. The van der Waals surface area contributed by atoms with Crippen LogP contribution in [0.5, 0.6) is 0 Å². The van der Waals surface area contributed by atoms with Crippen LogP contribution in [0.4, 0.5) is 0 Å². The van der Waals surface area contributed by atoms with Gasteiger partial charge >= 0.3 is 0 Å². The molecule has 0 saturated heterocycles.